The standard InChI is InChI=1S/C21H22N4O2/c22-14-15-6-5-9-18(12-15)25-21(27)19-13-16(10-11-23-19)20(26)24-17-7-3-1-2-4-8-17/h5-6,9-13,17H,1-4,7-8H2,(H,24,26)(H,25,27). The molecule has 27 heavy (non-hydrogen) atoms. The number of aromatic nitrogens is 1. The number of hydrogen-bond donors (Lipinski definition) is 2. The van der Waals surface area contributed by atoms with Gasteiger partial charge in [-0.3, -0.25) is 14.6 Å². The molecule has 0 bridgehead atoms. The van der Waals surface area contributed by atoms with E-state index in [0.29, 0.717) is 16.8 Å². The molecule has 1 aromatic heterocycles. The summed E-state index contributed by atoms with van der Waals surface area (Å²) < 4.78 is 0. The third kappa shape index (κ3) is 5.14. The first-order chi connectivity index (χ1) is 13.2. The maximum Gasteiger partial charge on any atom is 0.274 e. The Hall–Kier alpha value is -3.20. The molecule has 138 valence electrons. The van der Waals surface area contributed by atoms with Crippen molar-refractivity contribution < 1.29 is 9.59 Å². The fraction of sp³-hybridized carbons (Fsp3) is 0.333. The molecule has 0 unspecified atom stereocenters. The largest absolute Gasteiger partial charge is 0.349 e. The van der Waals surface area contributed by atoms with Crippen molar-refractivity contribution in [2.75, 3.05) is 5.32 Å². The molecule has 0 radical (unpaired) electrons. The highest BCUT2D eigenvalue weighted by Gasteiger charge is 2.17. The van der Waals surface area contributed by atoms with Crippen molar-refractivity contribution in [1.29, 1.82) is 5.26 Å². The molecule has 1 aliphatic rings. The molecule has 6 nitrogen and oxygen atoms in total. The predicted molar refractivity (Wildman–Crippen MR) is 102 cm³/mol. The van der Waals surface area contributed by atoms with Gasteiger partial charge < -0.3 is 10.6 Å². The van der Waals surface area contributed by atoms with Gasteiger partial charge in [0.15, 0.2) is 0 Å². The van der Waals surface area contributed by atoms with Crippen molar-refractivity contribution in [2.24, 2.45) is 0 Å². The fourth-order valence-electron chi connectivity index (χ4n) is 3.25. The Morgan fingerprint density at radius 1 is 1.04 bits per heavy atom. The monoisotopic (exact) mass is 362 g/mol. The van der Waals surface area contributed by atoms with E-state index in [1.165, 1.54) is 25.1 Å². The van der Waals surface area contributed by atoms with Crippen LogP contribution in [0.2, 0.25) is 0 Å². The Balaban J connectivity index is 1.67. The third-order valence-electron chi connectivity index (χ3n) is 4.69. The first-order valence-electron chi connectivity index (χ1n) is 9.24. The zero-order valence-corrected chi connectivity index (χ0v) is 15.1. The molecule has 0 saturated heterocycles. The number of rotatable bonds is 4. The van der Waals surface area contributed by atoms with Crippen LogP contribution in [0.25, 0.3) is 0 Å². The Morgan fingerprint density at radius 2 is 1.81 bits per heavy atom. The molecule has 1 aromatic carbocycles. The summed E-state index contributed by atoms with van der Waals surface area (Å²) in [6.07, 6.45) is 8.17. The molecule has 0 atom stereocenters. The van der Waals surface area contributed by atoms with Crippen LogP contribution in [0, 0.1) is 11.3 Å². The molecule has 1 fully saturated rings. The van der Waals surface area contributed by atoms with E-state index in [4.69, 9.17) is 5.26 Å². The van der Waals surface area contributed by atoms with Crippen LogP contribution < -0.4 is 10.6 Å². The molecule has 2 aromatic rings. The summed E-state index contributed by atoms with van der Waals surface area (Å²) in [4.78, 5) is 29.0. The third-order valence-corrected chi connectivity index (χ3v) is 4.69. The van der Waals surface area contributed by atoms with Gasteiger partial charge in [0, 0.05) is 23.5 Å². The van der Waals surface area contributed by atoms with E-state index >= 15 is 0 Å². The average Bonchev–Trinajstić information content (AvgIpc) is 2.97. The van der Waals surface area contributed by atoms with Gasteiger partial charge in [0.2, 0.25) is 0 Å². The van der Waals surface area contributed by atoms with Crippen LogP contribution >= 0.6 is 0 Å². The van der Waals surface area contributed by atoms with Gasteiger partial charge in [-0.15, -0.1) is 0 Å². The molecule has 1 aliphatic carbocycles. The van der Waals surface area contributed by atoms with Gasteiger partial charge in [0.25, 0.3) is 11.8 Å². The number of hydrogen-bond acceptors (Lipinski definition) is 4. The summed E-state index contributed by atoms with van der Waals surface area (Å²) in [6.45, 7) is 0. The molecule has 0 spiro atoms. The van der Waals surface area contributed by atoms with Crippen LogP contribution in [-0.2, 0) is 0 Å². The van der Waals surface area contributed by atoms with Crippen LogP contribution in [0.1, 0.15) is 64.9 Å². The number of nitrogens with zero attached hydrogens (tertiary/aromatic N) is 2. The van der Waals surface area contributed by atoms with Gasteiger partial charge in [-0.25, -0.2) is 0 Å². The molecule has 2 amide bonds. The number of carbonyl (C=O) groups is 2. The summed E-state index contributed by atoms with van der Waals surface area (Å²) in [5.74, 6) is -0.598. The van der Waals surface area contributed by atoms with Crippen LogP contribution in [0.4, 0.5) is 5.69 Å². The lowest BCUT2D eigenvalue weighted by Crippen LogP contribution is -2.34. The normalized spacial score (nSPS) is 14.6. The van der Waals surface area contributed by atoms with E-state index in [1.807, 2.05) is 6.07 Å². The van der Waals surface area contributed by atoms with Crippen molar-refractivity contribution in [3.05, 3.63) is 59.4 Å². The highest BCUT2D eigenvalue weighted by atomic mass is 16.2. The maximum absolute atomic E-state index is 12.5. The number of carbonyl (C=O) groups excluding carboxylic acids is 2. The second-order valence-electron chi connectivity index (χ2n) is 6.74. The molecule has 1 heterocycles. The Kier molecular flexibility index (Phi) is 6.16. The summed E-state index contributed by atoms with van der Waals surface area (Å²) in [5.41, 5.74) is 1.54. The van der Waals surface area contributed by atoms with Crippen molar-refractivity contribution in [1.82, 2.24) is 10.3 Å². The van der Waals surface area contributed by atoms with Crippen LogP contribution in [-0.4, -0.2) is 22.8 Å². The molecule has 0 aliphatic heterocycles. The van der Waals surface area contributed by atoms with E-state index in [1.54, 1.807) is 30.3 Å². The molecule has 3 rings (SSSR count). The summed E-state index contributed by atoms with van der Waals surface area (Å²) >= 11 is 0. The van der Waals surface area contributed by atoms with Crippen LogP contribution in [0.15, 0.2) is 42.6 Å². The second kappa shape index (κ2) is 8.95. The maximum atomic E-state index is 12.5. The first kappa shape index (κ1) is 18.6. The predicted octanol–water partition coefficient (Wildman–Crippen LogP) is 3.66. The number of nitriles is 1. The average molecular weight is 362 g/mol. The number of benzene rings is 1. The van der Waals surface area contributed by atoms with Crippen molar-refractivity contribution in [3.63, 3.8) is 0 Å². The minimum absolute atomic E-state index is 0.158. The number of pyridine rings is 1. The molecule has 2 N–H and O–H groups in total. The summed E-state index contributed by atoms with van der Waals surface area (Å²) in [6, 6.07) is 12.0. The second-order valence-corrected chi connectivity index (χ2v) is 6.74. The van der Waals surface area contributed by atoms with E-state index in [9.17, 15) is 9.59 Å². The van der Waals surface area contributed by atoms with Crippen LogP contribution in [0.5, 0.6) is 0 Å². The minimum atomic E-state index is -0.422. The smallest absolute Gasteiger partial charge is 0.274 e. The van der Waals surface area contributed by atoms with E-state index < -0.39 is 5.91 Å². The van der Waals surface area contributed by atoms with Crippen LogP contribution in [0.3, 0.4) is 0 Å². The van der Waals surface area contributed by atoms with E-state index in [2.05, 4.69) is 15.6 Å². The Bertz CT molecular complexity index is 864. The van der Waals surface area contributed by atoms with Gasteiger partial charge in [-0.2, -0.15) is 5.26 Å². The van der Waals surface area contributed by atoms with E-state index in [0.717, 1.165) is 25.7 Å². The molecular formula is C21H22N4O2. The summed E-state index contributed by atoms with van der Waals surface area (Å²) in [7, 11) is 0. The van der Waals surface area contributed by atoms with Gasteiger partial charge in [0.1, 0.15) is 5.69 Å². The van der Waals surface area contributed by atoms with Gasteiger partial charge in [0.05, 0.1) is 11.6 Å². The van der Waals surface area contributed by atoms with Crippen molar-refractivity contribution in [3.8, 4) is 6.07 Å². The Labute approximate surface area is 158 Å². The highest BCUT2D eigenvalue weighted by Crippen LogP contribution is 2.18. The lowest BCUT2D eigenvalue weighted by Gasteiger charge is -2.16. The zero-order chi connectivity index (χ0) is 19.1. The first-order valence-corrected chi connectivity index (χ1v) is 9.24. The lowest BCUT2D eigenvalue weighted by atomic mass is 10.1. The molecule has 6 heteroatoms. The topological polar surface area (TPSA) is 94.9 Å². The SMILES string of the molecule is N#Cc1cccc(NC(=O)c2cc(C(=O)NC3CCCCCC3)ccn2)c1. The lowest BCUT2D eigenvalue weighted by molar-refractivity contribution is 0.0933. The summed E-state index contributed by atoms with van der Waals surface area (Å²) in [5, 5.41) is 14.7. The zero-order valence-electron chi connectivity index (χ0n) is 15.1. The van der Waals surface area contributed by atoms with Gasteiger partial charge in [-0.1, -0.05) is 31.7 Å². The minimum Gasteiger partial charge on any atom is -0.349 e. The Morgan fingerprint density at radius 3 is 2.56 bits per heavy atom. The highest BCUT2D eigenvalue weighted by molar-refractivity contribution is 6.04. The number of amides is 2. The fourth-order valence-corrected chi connectivity index (χ4v) is 3.25. The quantitative estimate of drug-likeness (QED) is 0.812. The van der Waals surface area contributed by atoms with Crippen molar-refractivity contribution in [2.45, 2.75) is 44.6 Å². The molecular weight excluding hydrogens is 340 g/mol. The number of nitrogens with one attached hydrogen (secondary N) is 2. The van der Waals surface area contributed by atoms with Gasteiger partial charge in [-0.05, 0) is 43.2 Å². The molecule has 1 saturated carbocycles. The van der Waals surface area contributed by atoms with Crippen molar-refractivity contribution >= 4 is 17.5 Å². The number of anilines is 1. The van der Waals surface area contributed by atoms with Gasteiger partial charge >= 0.3 is 0 Å². The van der Waals surface area contributed by atoms with E-state index in [-0.39, 0.29) is 17.6 Å².